The topological polar surface area (TPSA) is 52.6 Å². The van der Waals surface area contributed by atoms with Crippen LogP contribution in [0.3, 0.4) is 0 Å². The van der Waals surface area contributed by atoms with Crippen molar-refractivity contribution < 1.29 is 19.1 Å². The van der Waals surface area contributed by atoms with Crippen LogP contribution in [0.15, 0.2) is 25.3 Å². The molecule has 24 heavy (non-hydrogen) atoms. The second-order valence-electron chi connectivity index (χ2n) is 5.68. The van der Waals surface area contributed by atoms with Gasteiger partial charge in [0.15, 0.2) is 0 Å². The van der Waals surface area contributed by atoms with Crippen molar-refractivity contribution in [3.8, 4) is 0 Å². The highest BCUT2D eigenvalue weighted by molar-refractivity contribution is 5.81. The second-order valence-corrected chi connectivity index (χ2v) is 5.68. The largest absolute Gasteiger partial charge is 0.463 e. The van der Waals surface area contributed by atoms with E-state index in [0.29, 0.717) is 19.1 Å². The number of ether oxygens (including phenoxy) is 2. The van der Waals surface area contributed by atoms with E-state index < -0.39 is 0 Å². The lowest BCUT2D eigenvalue weighted by Gasteiger charge is -2.13. The Hall–Kier alpha value is -1.58. The average Bonchev–Trinajstić information content (AvgIpc) is 2.61. The van der Waals surface area contributed by atoms with E-state index in [0.717, 1.165) is 25.7 Å². The van der Waals surface area contributed by atoms with Crippen LogP contribution < -0.4 is 0 Å². The Morgan fingerprint density at radius 2 is 1.46 bits per heavy atom. The van der Waals surface area contributed by atoms with Gasteiger partial charge in [-0.3, -0.25) is 0 Å². The predicted molar refractivity (Wildman–Crippen MR) is 99.8 cm³/mol. The molecule has 1 unspecified atom stereocenters. The van der Waals surface area contributed by atoms with E-state index in [9.17, 15) is 9.59 Å². The SMILES string of the molecule is C=CC(=O)OCC(CC)CCCC.C=CC(=O)OCCCCCC. The van der Waals surface area contributed by atoms with Crippen molar-refractivity contribution in [1.82, 2.24) is 0 Å². The number of rotatable bonds is 13. The van der Waals surface area contributed by atoms with E-state index in [2.05, 4.69) is 33.9 Å². The van der Waals surface area contributed by atoms with Crippen LogP contribution in [0.25, 0.3) is 0 Å². The van der Waals surface area contributed by atoms with Gasteiger partial charge in [-0.1, -0.05) is 72.5 Å². The molecule has 4 nitrogen and oxygen atoms in total. The number of hydrogen-bond donors (Lipinski definition) is 0. The molecule has 0 aromatic carbocycles. The summed E-state index contributed by atoms with van der Waals surface area (Å²) in [5.74, 6) is -0.111. The van der Waals surface area contributed by atoms with Crippen molar-refractivity contribution >= 4 is 11.9 Å². The molecule has 0 radical (unpaired) electrons. The molecule has 0 N–H and O–H groups in total. The summed E-state index contributed by atoms with van der Waals surface area (Å²) in [5, 5.41) is 0. The minimum absolute atomic E-state index is 0.310. The Morgan fingerprint density at radius 1 is 0.875 bits per heavy atom. The van der Waals surface area contributed by atoms with E-state index in [-0.39, 0.29) is 11.9 Å². The first-order valence-corrected chi connectivity index (χ1v) is 9.13. The Labute approximate surface area is 148 Å². The summed E-state index contributed by atoms with van der Waals surface area (Å²) in [4.78, 5) is 21.3. The molecular weight excluding hydrogens is 304 g/mol. The van der Waals surface area contributed by atoms with Crippen molar-refractivity contribution in [2.75, 3.05) is 13.2 Å². The summed E-state index contributed by atoms with van der Waals surface area (Å²) in [6.07, 6.45) is 11.6. The molecule has 4 heteroatoms. The van der Waals surface area contributed by atoms with E-state index >= 15 is 0 Å². The van der Waals surface area contributed by atoms with Gasteiger partial charge in [0.05, 0.1) is 13.2 Å². The molecule has 0 rings (SSSR count). The summed E-state index contributed by atoms with van der Waals surface area (Å²) >= 11 is 0. The zero-order valence-corrected chi connectivity index (χ0v) is 15.9. The molecule has 0 aliphatic carbocycles. The monoisotopic (exact) mass is 340 g/mol. The van der Waals surface area contributed by atoms with E-state index in [4.69, 9.17) is 9.47 Å². The molecule has 0 spiro atoms. The van der Waals surface area contributed by atoms with Gasteiger partial charge in [-0.25, -0.2) is 9.59 Å². The maximum Gasteiger partial charge on any atom is 0.330 e. The van der Waals surface area contributed by atoms with Gasteiger partial charge in [-0.05, 0) is 18.8 Å². The van der Waals surface area contributed by atoms with Crippen LogP contribution in [-0.2, 0) is 19.1 Å². The third-order valence-corrected chi connectivity index (χ3v) is 3.58. The fourth-order valence-corrected chi connectivity index (χ4v) is 1.92. The summed E-state index contributed by atoms with van der Waals surface area (Å²) in [7, 11) is 0. The van der Waals surface area contributed by atoms with Crippen LogP contribution in [0, 0.1) is 5.92 Å². The zero-order chi connectivity index (χ0) is 18.6. The van der Waals surface area contributed by atoms with Gasteiger partial charge >= 0.3 is 11.9 Å². The van der Waals surface area contributed by atoms with Crippen molar-refractivity contribution in [3.63, 3.8) is 0 Å². The zero-order valence-electron chi connectivity index (χ0n) is 15.9. The van der Waals surface area contributed by atoms with Crippen LogP contribution in [0.2, 0.25) is 0 Å². The Balaban J connectivity index is 0. The average molecular weight is 341 g/mol. The van der Waals surface area contributed by atoms with E-state index in [1.807, 2.05) is 0 Å². The first-order valence-electron chi connectivity index (χ1n) is 9.13. The normalized spacial score (nSPS) is 10.8. The van der Waals surface area contributed by atoms with Crippen molar-refractivity contribution in [3.05, 3.63) is 25.3 Å². The van der Waals surface area contributed by atoms with Gasteiger partial charge < -0.3 is 9.47 Å². The number of carbonyl (C=O) groups is 2. The van der Waals surface area contributed by atoms with Gasteiger partial charge in [0, 0.05) is 12.2 Å². The third kappa shape index (κ3) is 18.5. The maximum atomic E-state index is 10.8. The molecule has 140 valence electrons. The van der Waals surface area contributed by atoms with Crippen LogP contribution in [0.4, 0.5) is 0 Å². The molecule has 0 aliphatic heterocycles. The number of unbranched alkanes of at least 4 members (excludes halogenated alkanes) is 4. The van der Waals surface area contributed by atoms with Crippen LogP contribution >= 0.6 is 0 Å². The van der Waals surface area contributed by atoms with Gasteiger partial charge in [-0.2, -0.15) is 0 Å². The van der Waals surface area contributed by atoms with Gasteiger partial charge in [0.25, 0.3) is 0 Å². The van der Waals surface area contributed by atoms with Crippen molar-refractivity contribution in [2.24, 2.45) is 5.92 Å². The molecule has 0 bridgehead atoms. The molecule has 0 saturated carbocycles. The van der Waals surface area contributed by atoms with E-state index in [1.54, 1.807) is 0 Å². The van der Waals surface area contributed by atoms with Crippen LogP contribution in [0.5, 0.6) is 0 Å². The molecular formula is C20H36O4. The third-order valence-electron chi connectivity index (χ3n) is 3.58. The lowest BCUT2D eigenvalue weighted by molar-refractivity contribution is -0.139. The fourth-order valence-electron chi connectivity index (χ4n) is 1.92. The molecule has 0 aromatic heterocycles. The van der Waals surface area contributed by atoms with Gasteiger partial charge in [0.1, 0.15) is 0 Å². The summed E-state index contributed by atoms with van der Waals surface area (Å²) in [5.41, 5.74) is 0. The Kier molecular flexibility index (Phi) is 20.0. The van der Waals surface area contributed by atoms with Crippen LogP contribution in [-0.4, -0.2) is 25.2 Å². The molecule has 0 aliphatic rings. The Bertz CT molecular complexity index is 337. The smallest absolute Gasteiger partial charge is 0.330 e. The lowest BCUT2D eigenvalue weighted by Crippen LogP contribution is -2.12. The second kappa shape index (κ2) is 19.5. The summed E-state index contributed by atoms with van der Waals surface area (Å²) in [6, 6.07) is 0. The van der Waals surface area contributed by atoms with E-state index in [1.165, 1.54) is 37.8 Å². The maximum absolute atomic E-state index is 10.8. The highest BCUT2D eigenvalue weighted by Crippen LogP contribution is 2.12. The number of hydrogen-bond acceptors (Lipinski definition) is 4. The summed E-state index contributed by atoms with van der Waals surface area (Å²) < 4.78 is 9.77. The fraction of sp³-hybridized carbons (Fsp3) is 0.700. The van der Waals surface area contributed by atoms with Crippen LogP contribution in [0.1, 0.15) is 72.1 Å². The minimum Gasteiger partial charge on any atom is -0.463 e. The highest BCUT2D eigenvalue weighted by Gasteiger charge is 2.07. The number of carbonyl (C=O) groups excluding carboxylic acids is 2. The first kappa shape index (κ1) is 24.7. The minimum atomic E-state index is -0.318. The molecule has 1 atom stereocenters. The van der Waals surface area contributed by atoms with Crippen molar-refractivity contribution in [1.29, 1.82) is 0 Å². The molecule has 0 fully saturated rings. The van der Waals surface area contributed by atoms with Crippen molar-refractivity contribution in [2.45, 2.75) is 72.1 Å². The molecule has 0 saturated heterocycles. The first-order chi connectivity index (χ1) is 11.5. The molecule has 0 aromatic rings. The van der Waals surface area contributed by atoms with Gasteiger partial charge in [-0.15, -0.1) is 0 Å². The molecule has 0 amide bonds. The summed E-state index contributed by atoms with van der Waals surface area (Å²) in [6.45, 7) is 14.2. The Morgan fingerprint density at radius 3 is 1.96 bits per heavy atom. The quantitative estimate of drug-likeness (QED) is 0.262. The number of esters is 2. The van der Waals surface area contributed by atoms with Gasteiger partial charge in [0.2, 0.25) is 0 Å². The lowest BCUT2D eigenvalue weighted by atomic mass is 10.0. The standard InChI is InChI=1S/C11H20O2.C9H16O2/c1-4-7-8-10(5-2)9-13-11(12)6-3;1-3-5-6-7-8-11-9(10)4-2/h6,10H,3-5,7-9H2,1-2H3;4H,2-3,5-8H2,1H3. The molecule has 0 heterocycles. The highest BCUT2D eigenvalue weighted by atomic mass is 16.5. The predicted octanol–water partition coefficient (Wildman–Crippen LogP) is 5.23.